The highest BCUT2D eigenvalue weighted by Gasteiger charge is 2.30. The fourth-order valence-electron chi connectivity index (χ4n) is 2.29. The number of hydrogen-bond acceptors (Lipinski definition) is 2. The Kier molecular flexibility index (Phi) is 5.44. The summed E-state index contributed by atoms with van der Waals surface area (Å²) in [5.74, 6) is 1.03. The van der Waals surface area contributed by atoms with Gasteiger partial charge in [0.05, 0.1) is 0 Å². The number of carbonyl (C=O) groups is 1. The first kappa shape index (κ1) is 14.5. The van der Waals surface area contributed by atoms with Crippen LogP contribution in [0.2, 0.25) is 0 Å². The number of hydrogen-bond donors (Lipinski definition) is 0. The van der Waals surface area contributed by atoms with E-state index in [4.69, 9.17) is 4.74 Å². The van der Waals surface area contributed by atoms with Gasteiger partial charge in [-0.1, -0.05) is 20.8 Å². The third kappa shape index (κ3) is 4.66. The van der Waals surface area contributed by atoms with Crippen molar-refractivity contribution in [3.63, 3.8) is 0 Å². The second-order valence-corrected chi connectivity index (χ2v) is 5.97. The maximum atomic E-state index is 12.1. The molecule has 100 valence electrons. The number of ether oxygens (including phenoxy) is 1. The number of likely N-dealkylation sites (tertiary alicyclic amines) is 1. The van der Waals surface area contributed by atoms with E-state index in [1.165, 1.54) is 0 Å². The molecule has 1 heterocycles. The molecule has 0 bridgehead atoms. The fraction of sp³-hybridized carbons (Fsp3) is 0.929. The minimum atomic E-state index is -0.238. The largest absolute Gasteiger partial charge is 0.382 e. The van der Waals surface area contributed by atoms with Crippen molar-refractivity contribution in [2.45, 2.75) is 47.0 Å². The molecule has 1 saturated heterocycles. The van der Waals surface area contributed by atoms with Crippen LogP contribution in [-0.2, 0) is 9.53 Å². The average molecular weight is 241 g/mol. The normalized spacial score (nSPS) is 18.5. The van der Waals surface area contributed by atoms with Gasteiger partial charge in [-0.3, -0.25) is 4.79 Å². The zero-order valence-electron chi connectivity index (χ0n) is 11.8. The summed E-state index contributed by atoms with van der Waals surface area (Å²) in [4.78, 5) is 14.1. The topological polar surface area (TPSA) is 29.5 Å². The molecule has 0 spiro atoms. The van der Waals surface area contributed by atoms with E-state index in [1.54, 1.807) is 0 Å². The zero-order chi connectivity index (χ0) is 12.9. The highest BCUT2D eigenvalue weighted by Crippen LogP contribution is 2.25. The predicted octanol–water partition coefficient (Wildman–Crippen LogP) is 2.70. The molecule has 0 aromatic carbocycles. The highest BCUT2D eigenvalue weighted by atomic mass is 16.5. The van der Waals surface area contributed by atoms with Crippen LogP contribution in [0.15, 0.2) is 0 Å². The maximum Gasteiger partial charge on any atom is 0.227 e. The standard InChI is InChI=1S/C14H27NO2/c1-5-17-11-8-12-6-9-15(10-7-12)13(16)14(2,3)4/h12H,5-11H2,1-4H3. The molecule has 1 amide bonds. The van der Waals surface area contributed by atoms with Crippen LogP contribution in [0, 0.1) is 11.3 Å². The van der Waals surface area contributed by atoms with Crippen LogP contribution in [0.4, 0.5) is 0 Å². The first-order chi connectivity index (χ1) is 7.95. The second kappa shape index (κ2) is 6.39. The molecule has 0 aromatic heterocycles. The zero-order valence-corrected chi connectivity index (χ0v) is 11.8. The van der Waals surface area contributed by atoms with E-state index in [-0.39, 0.29) is 5.41 Å². The Morgan fingerprint density at radius 2 is 1.88 bits per heavy atom. The fourth-order valence-corrected chi connectivity index (χ4v) is 2.29. The molecule has 1 aliphatic heterocycles. The first-order valence-corrected chi connectivity index (χ1v) is 6.82. The lowest BCUT2D eigenvalue weighted by Gasteiger charge is -2.35. The first-order valence-electron chi connectivity index (χ1n) is 6.82. The van der Waals surface area contributed by atoms with Gasteiger partial charge in [0.1, 0.15) is 0 Å². The molecule has 0 radical (unpaired) electrons. The average Bonchev–Trinajstić information content (AvgIpc) is 2.28. The Bertz CT molecular complexity index is 237. The maximum absolute atomic E-state index is 12.1. The minimum absolute atomic E-state index is 0.238. The SMILES string of the molecule is CCOCCC1CCN(C(=O)C(C)(C)C)CC1. The number of nitrogens with zero attached hydrogens (tertiary/aromatic N) is 1. The number of rotatable bonds is 4. The van der Waals surface area contributed by atoms with Crippen molar-refractivity contribution in [1.29, 1.82) is 0 Å². The van der Waals surface area contributed by atoms with Crippen molar-refractivity contribution in [1.82, 2.24) is 4.90 Å². The summed E-state index contributed by atoms with van der Waals surface area (Å²) >= 11 is 0. The molecule has 0 saturated carbocycles. The van der Waals surface area contributed by atoms with E-state index >= 15 is 0 Å². The highest BCUT2D eigenvalue weighted by molar-refractivity contribution is 5.81. The molecule has 1 fully saturated rings. The molecule has 3 nitrogen and oxygen atoms in total. The molecule has 17 heavy (non-hydrogen) atoms. The van der Waals surface area contributed by atoms with Crippen LogP contribution >= 0.6 is 0 Å². The van der Waals surface area contributed by atoms with Crippen molar-refractivity contribution >= 4 is 5.91 Å². The lowest BCUT2D eigenvalue weighted by Crippen LogP contribution is -2.44. The Morgan fingerprint density at radius 1 is 1.29 bits per heavy atom. The van der Waals surface area contributed by atoms with Gasteiger partial charge in [0.15, 0.2) is 0 Å². The predicted molar refractivity (Wildman–Crippen MR) is 69.9 cm³/mol. The molecular weight excluding hydrogens is 214 g/mol. The van der Waals surface area contributed by atoms with Gasteiger partial charge in [0, 0.05) is 31.7 Å². The van der Waals surface area contributed by atoms with Crippen LogP contribution in [-0.4, -0.2) is 37.1 Å². The Labute approximate surface area is 106 Å². The van der Waals surface area contributed by atoms with Crippen LogP contribution in [0.1, 0.15) is 47.0 Å². The van der Waals surface area contributed by atoms with Crippen molar-refractivity contribution in [2.24, 2.45) is 11.3 Å². The molecule has 0 N–H and O–H groups in total. The molecule has 0 aromatic rings. The van der Waals surface area contributed by atoms with Crippen LogP contribution < -0.4 is 0 Å². The molecule has 3 heteroatoms. The lowest BCUT2D eigenvalue weighted by molar-refractivity contribution is -0.140. The summed E-state index contributed by atoms with van der Waals surface area (Å²) in [6, 6.07) is 0. The summed E-state index contributed by atoms with van der Waals surface area (Å²) < 4.78 is 5.38. The van der Waals surface area contributed by atoms with E-state index in [1.807, 2.05) is 32.6 Å². The van der Waals surface area contributed by atoms with E-state index < -0.39 is 0 Å². The lowest BCUT2D eigenvalue weighted by atomic mass is 9.90. The van der Waals surface area contributed by atoms with Gasteiger partial charge in [-0.2, -0.15) is 0 Å². The molecule has 0 aliphatic carbocycles. The van der Waals surface area contributed by atoms with Crippen molar-refractivity contribution < 1.29 is 9.53 Å². The number of amides is 1. The molecule has 0 unspecified atom stereocenters. The van der Waals surface area contributed by atoms with Gasteiger partial charge in [-0.05, 0) is 32.1 Å². The van der Waals surface area contributed by atoms with Gasteiger partial charge >= 0.3 is 0 Å². The van der Waals surface area contributed by atoms with E-state index in [0.717, 1.165) is 51.5 Å². The van der Waals surface area contributed by atoms with E-state index in [9.17, 15) is 4.79 Å². The summed E-state index contributed by atoms with van der Waals surface area (Å²) in [7, 11) is 0. The van der Waals surface area contributed by atoms with Crippen LogP contribution in [0.5, 0.6) is 0 Å². The van der Waals surface area contributed by atoms with Crippen molar-refractivity contribution in [3.05, 3.63) is 0 Å². The van der Waals surface area contributed by atoms with Gasteiger partial charge in [0.25, 0.3) is 0 Å². The molecule has 1 aliphatic rings. The quantitative estimate of drug-likeness (QED) is 0.708. The Morgan fingerprint density at radius 3 is 2.35 bits per heavy atom. The van der Waals surface area contributed by atoms with Gasteiger partial charge < -0.3 is 9.64 Å². The Balaban J connectivity index is 2.28. The monoisotopic (exact) mass is 241 g/mol. The van der Waals surface area contributed by atoms with Crippen molar-refractivity contribution in [3.8, 4) is 0 Å². The second-order valence-electron chi connectivity index (χ2n) is 5.97. The number of carbonyl (C=O) groups excluding carboxylic acids is 1. The van der Waals surface area contributed by atoms with E-state index in [2.05, 4.69) is 0 Å². The third-order valence-corrected chi connectivity index (χ3v) is 3.42. The number of piperidine rings is 1. The van der Waals surface area contributed by atoms with Crippen LogP contribution in [0.25, 0.3) is 0 Å². The smallest absolute Gasteiger partial charge is 0.227 e. The molecule has 0 atom stereocenters. The Hall–Kier alpha value is -0.570. The van der Waals surface area contributed by atoms with Crippen LogP contribution in [0.3, 0.4) is 0 Å². The van der Waals surface area contributed by atoms with Crippen molar-refractivity contribution in [2.75, 3.05) is 26.3 Å². The third-order valence-electron chi connectivity index (χ3n) is 3.42. The molecule has 1 rings (SSSR count). The van der Waals surface area contributed by atoms with E-state index in [0.29, 0.717) is 5.91 Å². The molecular formula is C14H27NO2. The summed E-state index contributed by atoms with van der Waals surface area (Å²) in [5, 5.41) is 0. The van der Waals surface area contributed by atoms with Gasteiger partial charge in [-0.15, -0.1) is 0 Å². The minimum Gasteiger partial charge on any atom is -0.382 e. The van der Waals surface area contributed by atoms with Gasteiger partial charge in [0.2, 0.25) is 5.91 Å². The van der Waals surface area contributed by atoms with Gasteiger partial charge in [-0.25, -0.2) is 0 Å². The summed E-state index contributed by atoms with van der Waals surface area (Å²) in [5.41, 5.74) is -0.238. The summed E-state index contributed by atoms with van der Waals surface area (Å²) in [6.07, 6.45) is 3.41. The summed E-state index contributed by atoms with van der Waals surface area (Å²) in [6.45, 7) is 11.5.